The molecule has 4 nitrogen and oxygen atoms in total. The van der Waals surface area contributed by atoms with Gasteiger partial charge in [-0.15, -0.1) is 0 Å². The van der Waals surface area contributed by atoms with Crippen LogP contribution in [-0.2, 0) is 4.79 Å². The molecule has 0 spiro atoms. The van der Waals surface area contributed by atoms with E-state index in [1.165, 1.54) is 5.56 Å². The molecule has 27 heavy (non-hydrogen) atoms. The van der Waals surface area contributed by atoms with Crippen LogP contribution < -0.4 is 10.6 Å². The Bertz CT molecular complexity index is 739. The fourth-order valence-electron chi connectivity index (χ4n) is 3.02. The number of aryl methyl sites for hydroxylation is 1. The Morgan fingerprint density at radius 1 is 0.963 bits per heavy atom. The van der Waals surface area contributed by atoms with E-state index < -0.39 is 6.04 Å². The van der Waals surface area contributed by atoms with Crippen LogP contribution in [0.2, 0.25) is 0 Å². The van der Waals surface area contributed by atoms with Gasteiger partial charge in [0.25, 0.3) is 5.91 Å². The van der Waals surface area contributed by atoms with Gasteiger partial charge in [0.2, 0.25) is 5.91 Å². The van der Waals surface area contributed by atoms with Gasteiger partial charge in [0.05, 0.1) is 0 Å². The minimum Gasteiger partial charge on any atom is -0.354 e. The fraction of sp³-hybridized carbons (Fsp3) is 0.391. The normalized spacial score (nSPS) is 13.1. The van der Waals surface area contributed by atoms with Crippen molar-refractivity contribution in [3.8, 4) is 0 Å². The van der Waals surface area contributed by atoms with E-state index in [2.05, 4.69) is 29.7 Å². The number of hydrogen-bond acceptors (Lipinski definition) is 2. The van der Waals surface area contributed by atoms with Gasteiger partial charge >= 0.3 is 0 Å². The molecule has 0 aliphatic carbocycles. The van der Waals surface area contributed by atoms with E-state index in [0.717, 1.165) is 12.0 Å². The number of rotatable bonds is 8. The van der Waals surface area contributed by atoms with Gasteiger partial charge in [-0.25, -0.2) is 0 Å². The van der Waals surface area contributed by atoms with Crippen molar-refractivity contribution in [2.24, 2.45) is 5.92 Å². The Hall–Kier alpha value is -2.62. The summed E-state index contributed by atoms with van der Waals surface area (Å²) < 4.78 is 0. The average Bonchev–Trinajstić information content (AvgIpc) is 2.67. The highest BCUT2D eigenvalue weighted by atomic mass is 16.2. The van der Waals surface area contributed by atoms with Gasteiger partial charge in [-0.05, 0) is 37.0 Å². The zero-order valence-corrected chi connectivity index (χ0v) is 16.7. The van der Waals surface area contributed by atoms with Crippen LogP contribution in [0.25, 0.3) is 0 Å². The lowest BCUT2D eigenvalue weighted by Crippen LogP contribution is -2.50. The first-order valence-corrected chi connectivity index (χ1v) is 9.62. The number of carbonyl (C=O) groups excluding carboxylic acids is 2. The van der Waals surface area contributed by atoms with Crippen LogP contribution in [0.3, 0.4) is 0 Å². The molecule has 144 valence electrons. The molecule has 1 unspecified atom stereocenters. The van der Waals surface area contributed by atoms with Crippen LogP contribution in [-0.4, -0.2) is 24.4 Å². The topological polar surface area (TPSA) is 58.2 Å². The maximum absolute atomic E-state index is 12.7. The van der Waals surface area contributed by atoms with Gasteiger partial charge in [0.15, 0.2) is 0 Å². The van der Waals surface area contributed by atoms with Gasteiger partial charge in [-0.3, -0.25) is 9.59 Å². The number of benzene rings is 2. The number of nitrogens with one attached hydrogen (secondary N) is 2. The number of amides is 2. The van der Waals surface area contributed by atoms with E-state index in [-0.39, 0.29) is 23.7 Å². The minimum absolute atomic E-state index is 0.00352. The summed E-state index contributed by atoms with van der Waals surface area (Å²) in [4.78, 5) is 25.2. The van der Waals surface area contributed by atoms with Crippen molar-refractivity contribution in [3.63, 3.8) is 0 Å². The lowest BCUT2D eigenvalue weighted by Gasteiger charge is -2.23. The van der Waals surface area contributed by atoms with Crippen LogP contribution in [0.1, 0.15) is 54.6 Å². The Kier molecular flexibility index (Phi) is 7.59. The number of hydrogen-bond donors (Lipinski definition) is 2. The van der Waals surface area contributed by atoms with Crippen LogP contribution in [0, 0.1) is 12.8 Å². The maximum Gasteiger partial charge on any atom is 0.251 e. The van der Waals surface area contributed by atoms with Crippen molar-refractivity contribution in [2.75, 3.05) is 6.54 Å². The highest BCUT2D eigenvalue weighted by Gasteiger charge is 2.25. The molecule has 4 heteroatoms. The summed E-state index contributed by atoms with van der Waals surface area (Å²) in [5.41, 5.74) is 2.87. The van der Waals surface area contributed by atoms with E-state index in [1.54, 1.807) is 12.1 Å². The van der Waals surface area contributed by atoms with Crippen molar-refractivity contribution in [1.82, 2.24) is 10.6 Å². The molecule has 2 aromatic rings. The second kappa shape index (κ2) is 9.91. The van der Waals surface area contributed by atoms with E-state index in [9.17, 15) is 9.59 Å². The van der Waals surface area contributed by atoms with E-state index >= 15 is 0 Å². The molecule has 0 aromatic heterocycles. The first-order chi connectivity index (χ1) is 12.9. The van der Waals surface area contributed by atoms with Crippen molar-refractivity contribution < 1.29 is 9.59 Å². The summed E-state index contributed by atoms with van der Waals surface area (Å²) in [6.07, 6.45) is 0.937. The van der Waals surface area contributed by atoms with Crippen LogP contribution in [0.4, 0.5) is 0 Å². The predicted molar refractivity (Wildman–Crippen MR) is 110 cm³/mol. The van der Waals surface area contributed by atoms with Crippen molar-refractivity contribution in [3.05, 3.63) is 71.3 Å². The summed E-state index contributed by atoms with van der Waals surface area (Å²) in [6, 6.07) is 17.0. The van der Waals surface area contributed by atoms with Crippen LogP contribution >= 0.6 is 0 Å². The van der Waals surface area contributed by atoms with Crippen molar-refractivity contribution in [1.29, 1.82) is 0 Å². The third-order valence-corrected chi connectivity index (χ3v) is 4.84. The second-order valence-corrected chi connectivity index (χ2v) is 7.32. The smallest absolute Gasteiger partial charge is 0.251 e. The van der Waals surface area contributed by atoms with Gasteiger partial charge in [-0.1, -0.05) is 68.8 Å². The fourth-order valence-corrected chi connectivity index (χ4v) is 3.02. The largest absolute Gasteiger partial charge is 0.354 e. The van der Waals surface area contributed by atoms with Crippen LogP contribution in [0.15, 0.2) is 54.6 Å². The standard InChI is InChI=1S/C23H30N2O2/c1-5-18(19-9-7-6-8-10-19)15-24-23(27)21(16(2)3)25-22(26)20-13-11-17(4)12-14-20/h6-14,16,18,21H,5,15H2,1-4H3,(H,24,27)(H,25,26)/t18?,21-/m0/s1. The molecule has 0 heterocycles. The molecule has 0 bridgehead atoms. The summed E-state index contributed by atoms with van der Waals surface area (Å²) in [7, 11) is 0. The third-order valence-electron chi connectivity index (χ3n) is 4.84. The SMILES string of the molecule is CCC(CNC(=O)[C@@H](NC(=O)c1ccc(C)cc1)C(C)C)c1ccccc1. The van der Waals surface area contributed by atoms with Crippen molar-refractivity contribution >= 4 is 11.8 Å². The number of carbonyl (C=O) groups is 2. The molecular weight excluding hydrogens is 336 g/mol. The summed E-state index contributed by atoms with van der Waals surface area (Å²) in [5, 5.41) is 5.91. The minimum atomic E-state index is -0.563. The quantitative estimate of drug-likeness (QED) is 0.740. The van der Waals surface area contributed by atoms with Gasteiger partial charge < -0.3 is 10.6 Å². The molecule has 2 atom stereocenters. The molecule has 2 rings (SSSR count). The van der Waals surface area contributed by atoms with E-state index in [4.69, 9.17) is 0 Å². The molecule has 0 saturated heterocycles. The van der Waals surface area contributed by atoms with E-state index in [1.807, 2.05) is 51.1 Å². The second-order valence-electron chi connectivity index (χ2n) is 7.32. The molecule has 0 fully saturated rings. The summed E-state index contributed by atoms with van der Waals surface area (Å²) >= 11 is 0. The van der Waals surface area contributed by atoms with Crippen molar-refractivity contribution in [2.45, 2.75) is 46.1 Å². The highest BCUT2D eigenvalue weighted by Crippen LogP contribution is 2.18. The Labute approximate surface area is 162 Å². The van der Waals surface area contributed by atoms with Gasteiger partial charge in [-0.2, -0.15) is 0 Å². The lowest BCUT2D eigenvalue weighted by molar-refractivity contribution is -0.124. The zero-order chi connectivity index (χ0) is 19.8. The molecule has 2 N–H and O–H groups in total. The first kappa shape index (κ1) is 20.7. The Balaban J connectivity index is 1.99. The molecular formula is C23H30N2O2. The third kappa shape index (κ3) is 5.95. The molecule has 0 aliphatic rings. The molecule has 0 radical (unpaired) electrons. The molecule has 0 aliphatic heterocycles. The monoisotopic (exact) mass is 366 g/mol. The predicted octanol–water partition coefficient (Wildman–Crippen LogP) is 4.06. The maximum atomic E-state index is 12.7. The first-order valence-electron chi connectivity index (χ1n) is 9.62. The lowest BCUT2D eigenvalue weighted by atomic mass is 9.96. The zero-order valence-electron chi connectivity index (χ0n) is 16.7. The van der Waals surface area contributed by atoms with Gasteiger partial charge in [0, 0.05) is 18.0 Å². The Morgan fingerprint density at radius 3 is 2.15 bits per heavy atom. The van der Waals surface area contributed by atoms with E-state index in [0.29, 0.717) is 12.1 Å². The summed E-state index contributed by atoms with van der Waals surface area (Å²) in [6.45, 7) is 8.52. The molecule has 2 amide bonds. The van der Waals surface area contributed by atoms with Gasteiger partial charge in [0.1, 0.15) is 6.04 Å². The molecule has 2 aromatic carbocycles. The average molecular weight is 367 g/mol. The Morgan fingerprint density at radius 2 is 1.59 bits per heavy atom. The highest BCUT2D eigenvalue weighted by molar-refractivity contribution is 5.97. The summed E-state index contributed by atoms with van der Waals surface area (Å²) in [5.74, 6) is -0.106. The molecule has 0 saturated carbocycles. The van der Waals surface area contributed by atoms with Crippen LogP contribution in [0.5, 0.6) is 0 Å².